The second-order valence-electron chi connectivity index (χ2n) is 3.89. The Hall–Kier alpha value is -0.570. The summed E-state index contributed by atoms with van der Waals surface area (Å²) in [5, 5.41) is 3.40. The second-order valence-corrected chi connectivity index (χ2v) is 4.70. The van der Waals surface area contributed by atoms with Gasteiger partial charge < -0.3 is 5.32 Å². The lowest BCUT2D eigenvalue weighted by atomic mass is 10.1. The van der Waals surface area contributed by atoms with Gasteiger partial charge in [-0.15, -0.1) is 0 Å². The lowest BCUT2D eigenvalue weighted by molar-refractivity contribution is 0.613. The zero-order valence-corrected chi connectivity index (χ0v) is 11.0. The van der Waals surface area contributed by atoms with Crippen molar-refractivity contribution in [2.45, 2.75) is 45.6 Å². The van der Waals surface area contributed by atoms with Crippen molar-refractivity contribution in [3.05, 3.63) is 22.8 Å². The van der Waals surface area contributed by atoms with Crippen LogP contribution in [0.4, 0.5) is 5.82 Å². The van der Waals surface area contributed by atoms with Crippen LogP contribution in [-0.4, -0.2) is 11.0 Å². The zero-order valence-electron chi connectivity index (χ0n) is 9.46. The van der Waals surface area contributed by atoms with E-state index in [1.54, 1.807) is 0 Å². The van der Waals surface area contributed by atoms with Gasteiger partial charge in [0.2, 0.25) is 0 Å². The summed E-state index contributed by atoms with van der Waals surface area (Å²) in [5.74, 6) is 0.952. The first-order chi connectivity index (χ1) is 7.22. The van der Waals surface area contributed by atoms with Gasteiger partial charge in [0.15, 0.2) is 0 Å². The lowest BCUT2D eigenvalue weighted by Crippen LogP contribution is -2.15. The van der Waals surface area contributed by atoms with Crippen LogP contribution in [0.15, 0.2) is 22.8 Å². The molecule has 1 aromatic rings. The van der Waals surface area contributed by atoms with Crippen LogP contribution < -0.4 is 5.32 Å². The molecule has 0 aromatic carbocycles. The van der Waals surface area contributed by atoms with E-state index in [2.05, 4.69) is 40.1 Å². The highest BCUT2D eigenvalue weighted by molar-refractivity contribution is 9.10. The third kappa shape index (κ3) is 5.17. The number of aromatic nitrogens is 1. The van der Waals surface area contributed by atoms with Gasteiger partial charge in [-0.3, -0.25) is 0 Å². The average molecular weight is 271 g/mol. The molecule has 1 N–H and O–H groups in total. The summed E-state index contributed by atoms with van der Waals surface area (Å²) in [6, 6.07) is 6.44. The first kappa shape index (κ1) is 12.5. The predicted octanol–water partition coefficient (Wildman–Crippen LogP) is 4.22. The Morgan fingerprint density at radius 3 is 2.87 bits per heavy atom. The van der Waals surface area contributed by atoms with Gasteiger partial charge >= 0.3 is 0 Å². The molecule has 1 aromatic heterocycles. The molecule has 3 heteroatoms. The maximum absolute atomic E-state index is 4.35. The minimum absolute atomic E-state index is 0.498. The average Bonchev–Trinajstić information content (AvgIpc) is 2.18. The van der Waals surface area contributed by atoms with Crippen molar-refractivity contribution in [3.8, 4) is 0 Å². The number of halogens is 1. The Labute approximate surface area is 101 Å². The highest BCUT2D eigenvalue weighted by Crippen LogP contribution is 2.13. The number of anilines is 1. The monoisotopic (exact) mass is 270 g/mol. The SMILES string of the molecule is CCCCCC(C)Nc1cccc(Br)n1. The molecule has 0 fully saturated rings. The van der Waals surface area contributed by atoms with E-state index in [0.29, 0.717) is 6.04 Å². The van der Waals surface area contributed by atoms with E-state index in [1.807, 2.05) is 18.2 Å². The highest BCUT2D eigenvalue weighted by Gasteiger charge is 2.02. The Morgan fingerprint density at radius 2 is 2.20 bits per heavy atom. The molecule has 0 radical (unpaired) electrons. The molecule has 0 saturated carbocycles. The molecule has 0 amide bonds. The van der Waals surface area contributed by atoms with Crippen LogP contribution in [0.3, 0.4) is 0 Å². The Morgan fingerprint density at radius 1 is 1.40 bits per heavy atom. The Balaban J connectivity index is 2.34. The normalized spacial score (nSPS) is 12.5. The summed E-state index contributed by atoms with van der Waals surface area (Å²) in [4.78, 5) is 4.35. The molecule has 1 atom stereocenters. The van der Waals surface area contributed by atoms with Gasteiger partial charge in [-0.25, -0.2) is 4.98 Å². The molecule has 0 aliphatic heterocycles. The molecule has 1 heterocycles. The van der Waals surface area contributed by atoms with E-state index >= 15 is 0 Å². The molecule has 84 valence electrons. The summed E-state index contributed by atoms with van der Waals surface area (Å²) in [7, 11) is 0. The van der Waals surface area contributed by atoms with Crippen molar-refractivity contribution >= 4 is 21.7 Å². The third-order valence-corrected chi connectivity index (χ3v) is 2.79. The molecule has 1 rings (SSSR count). The van der Waals surface area contributed by atoms with E-state index in [-0.39, 0.29) is 0 Å². The molecule has 0 aliphatic rings. The summed E-state index contributed by atoms with van der Waals surface area (Å²) in [5.41, 5.74) is 0. The first-order valence-corrected chi connectivity index (χ1v) is 6.40. The van der Waals surface area contributed by atoms with Crippen LogP contribution in [-0.2, 0) is 0 Å². The predicted molar refractivity (Wildman–Crippen MR) is 69.2 cm³/mol. The number of hydrogen-bond donors (Lipinski definition) is 1. The second kappa shape index (κ2) is 6.83. The standard InChI is InChI=1S/C12H19BrN2/c1-3-4-5-7-10(2)14-12-9-6-8-11(13)15-12/h6,8-10H,3-5,7H2,1-2H3,(H,14,15). The smallest absolute Gasteiger partial charge is 0.127 e. The molecule has 0 bridgehead atoms. The third-order valence-electron chi connectivity index (χ3n) is 2.35. The molecule has 0 aliphatic carbocycles. The van der Waals surface area contributed by atoms with Crippen LogP contribution in [0.1, 0.15) is 39.5 Å². The zero-order chi connectivity index (χ0) is 11.1. The fraction of sp³-hybridized carbons (Fsp3) is 0.583. The molecular weight excluding hydrogens is 252 g/mol. The van der Waals surface area contributed by atoms with Gasteiger partial charge in [-0.05, 0) is 41.4 Å². The van der Waals surface area contributed by atoms with Crippen molar-refractivity contribution in [3.63, 3.8) is 0 Å². The van der Waals surface area contributed by atoms with Crippen molar-refractivity contribution < 1.29 is 0 Å². The van der Waals surface area contributed by atoms with E-state index in [9.17, 15) is 0 Å². The summed E-state index contributed by atoms with van der Waals surface area (Å²) >= 11 is 3.36. The van der Waals surface area contributed by atoms with Crippen molar-refractivity contribution in [1.82, 2.24) is 4.98 Å². The minimum Gasteiger partial charge on any atom is -0.368 e. The summed E-state index contributed by atoms with van der Waals surface area (Å²) in [6.45, 7) is 4.44. The van der Waals surface area contributed by atoms with Crippen LogP contribution in [0.2, 0.25) is 0 Å². The van der Waals surface area contributed by atoms with Gasteiger partial charge in [-0.1, -0.05) is 32.3 Å². The molecule has 0 saturated heterocycles. The number of pyridine rings is 1. The topological polar surface area (TPSA) is 24.9 Å². The molecule has 1 unspecified atom stereocenters. The Kier molecular flexibility index (Phi) is 5.69. The first-order valence-electron chi connectivity index (χ1n) is 5.61. The molecular formula is C12H19BrN2. The maximum Gasteiger partial charge on any atom is 0.127 e. The number of nitrogens with one attached hydrogen (secondary N) is 1. The van der Waals surface area contributed by atoms with Crippen molar-refractivity contribution in [2.24, 2.45) is 0 Å². The maximum atomic E-state index is 4.35. The molecule has 0 spiro atoms. The van der Waals surface area contributed by atoms with Gasteiger partial charge in [0, 0.05) is 6.04 Å². The number of unbranched alkanes of at least 4 members (excludes halogenated alkanes) is 2. The van der Waals surface area contributed by atoms with Crippen molar-refractivity contribution in [1.29, 1.82) is 0 Å². The van der Waals surface area contributed by atoms with E-state index in [1.165, 1.54) is 25.7 Å². The quantitative estimate of drug-likeness (QED) is 0.618. The van der Waals surface area contributed by atoms with Crippen LogP contribution in [0.5, 0.6) is 0 Å². The van der Waals surface area contributed by atoms with Gasteiger partial charge in [0.1, 0.15) is 10.4 Å². The molecule has 2 nitrogen and oxygen atoms in total. The van der Waals surface area contributed by atoms with E-state index in [0.717, 1.165) is 10.4 Å². The number of hydrogen-bond acceptors (Lipinski definition) is 2. The van der Waals surface area contributed by atoms with Crippen LogP contribution in [0, 0.1) is 0 Å². The fourth-order valence-electron chi connectivity index (χ4n) is 1.51. The lowest BCUT2D eigenvalue weighted by Gasteiger charge is -2.14. The molecule has 15 heavy (non-hydrogen) atoms. The fourth-order valence-corrected chi connectivity index (χ4v) is 1.86. The summed E-state index contributed by atoms with van der Waals surface area (Å²) in [6.07, 6.45) is 5.10. The minimum atomic E-state index is 0.498. The van der Waals surface area contributed by atoms with Gasteiger partial charge in [0.25, 0.3) is 0 Å². The Bertz CT molecular complexity index is 289. The van der Waals surface area contributed by atoms with Gasteiger partial charge in [0.05, 0.1) is 0 Å². The van der Waals surface area contributed by atoms with Crippen LogP contribution >= 0.6 is 15.9 Å². The van der Waals surface area contributed by atoms with Gasteiger partial charge in [-0.2, -0.15) is 0 Å². The largest absolute Gasteiger partial charge is 0.368 e. The van der Waals surface area contributed by atoms with Crippen molar-refractivity contribution in [2.75, 3.05) is 5.32 Å². The highest BCUT2D eigenvalue weighted by atomic mass is 79.9. The van der Waals surface area contributed by atoms with Crippen LogP contribution in [0.25, 0.3) is 0 Å². The summed E-state index contributed by atoms with van der Waals surface area (Å²) < 4.78 is 0.883. The van der Waals surface area contributed by atoms with E-state index < -0.39 is 0 Å². The number of nitrogens with zero attached hydrogens (tertiary/aromatic N) is 1. The van der Waals surface area contributed by atoms with E-state index in [4.69, 9.17) is 0 Å². The number of rotatable bonds is 6.